The van der Waals surface area contributed by atoms with Crippen LogP contribution in [0.5, 0.6) is 0 Å². The molecular weight excluding hydrogens is 242 g/mol. The van der Waals surface area contributed by atoms with E-state index in [1.807, 2.05) is 0 Å². The van der Waals surface area contributed by atoms with E-state index in [4.69, 9.17) is 4.98 Å². The summed E-state index contributed by atoms with van der Waals surface area (Å²) in [6, 6.07) is 6.35. The zero-order valence-electron chi connectivity index (χ0n) is 10.7. The molecule has 2 aromatic rings. The minimum absolute atomic E-state index is 0.586. The monoisotopic (exact) mass is 259 g/mol. The van der Waals surface area contributed by atoms with E-state index in [9.17, 15) is 0 Å². The van der Waals surface area contributed by atoms with Crippen LogP contribution in [0, 0.1) is 6.92 Å². The van der Waals surface area contributed by atoms with E-state index in [1.165, 1.54) is 22.6 Å². The van der Waals surface area contributed by atoms with Gasteiger partial charge in [-0.2, -0.15) is 0 Å². The van der Waals surface area contributed by atoms with Gasteiger partial charge in [-0.3, -0.25) is 0 Å². The largest absolute Gasteiger partial charge is 0.370 e. The second-order valence-electron chi connectivity index (χ2n) is 4.71. The molecule has 1 N–H and O–H groups in total. The molecule has 2 aromatic heterocycles. The van der Waals surface area contributed by atoms with Crippen LogP contribution in [0.15, 0.2) is 18.2 Å². The van der Waals surface area contributed by atoms with Crippen molar-refractivity contribution in [1.29, 1.82) is 0 Å². The fraction of sp³-hybridized carbons (Fsp3) is 0.429. The van der Waals surface area contributed by atoms with Crippen LogP contribution >= 0.6 is 11.3 Å². The minimum Gasteiger partial charge on any atom is -0.370 e. The lowest BCUT2D eigenvalue weighted by molar-refractivity contribution is 0.928. The van der Waals surface area contributed by atoms with Crippen LogP contribution in [0.1, 0.15) is 36.4 Å². The average molecular weight is 259 g/mol. The van der Waals surface area contributed by atoms with E-state index in [-0.39, 0.29) is 0 Å². The molecule has 3 rings (SSSR count). The van der Waals surface area contributed by atoms with Crippen molar-refractivity contribution in [1.82, 2.24) is 9.97 Å². The van der Waals surface area contributed by atoms with Gasteiger partial charge in [0.1, 0.15) is 11.6 Å². The predicted octanol–water partition coefficient (Wildman–Crippen LogP) is 3.82. The van der Waals surface area contributed by atoms with Crippen LogP contribution in [0.25, 0.3) is 10.6 Å². The number of hydrogen-bond acceptors (Lipinski definition) is 4. The van der Waals surface area contributed by atoms with Crippen LogP contribution < -0.4 is 5.32 Å². The molecule has 0 radical (unpaired) electrons. The summed E-state index contributed by atoms with van der Waals surface area (Å²) >= 11 is 1.79. The van der Waals surface area contributed by atoms with Gasteiger partial charge >= 0.3 is 0 Å². The van der Waals surface area contributed by atoms with Crippen LogP contribution in [-0.2, 0) is 0 Å². The molecule has 1 saturated carbocycles. The normalized spacial score (nSPS) is 14.8. The standard InChI is InChI=1S/C14H17N3S/c1-3-15-13-8-11(12-7-4-9(2)18-12)16-14(17-13)10-5-6-10/h4,7-8,10H,3,5-6H2,1-2H3,(H,15,16,17). The first kappa shape index (κ1) is 11.7. The summed E-state index contributed by atoms with van der Waals surface area (Å²) in [6.45, 7) is 5.11. The summed E-state index contributed by atoms with van der Waals surface area (Å²) in [5, 5.41) is 3.30. The summed E-state index contributed by atoms with van der Waals surface area (Å²) < 4.78 is 0. The lowest BCUT2D eigenvalue weighted by Crippen LogP contribution is -2.03. The molecular formula is C14H17N3S. The molecule has 1 aliphatic rings. The summed E-state index contributed by atoms with van der Waals surface area (Å²) in [6.07, 6.45) is 2.47. The highest BCUT2D eigenvalue weighted by molar-refractivity contribution is 7.15. The number of aromatic nitrogens is 2. The Morgan fingerprint density at radius 3 is 2.78 bits per heavy atom. The SMILES string of the molecule is CCNc1cc(-c2ccc(C)s2)nc(C2CC2)n1. The zero-order valence-corrected chi connectivity index (χ0v) is 11.5. The third-order valence-electron chi connectivity index (χ3n) is 3.04. The molecule has 3 nitrogen and oxygen atoms in total. The van der Waals surface area contributed by atoms with Crippen molar-refractivity contribution in [2.75, 3.05) is 11.9 Å². The minimum atomic E-state index is 0.586. The van der Waals surface area contributed by atoms with Gasteiger partial charge in [0.05, 0.1) is 10.6 Å². The van der Waals surface area contributed by atoms with Crippen molar-refractivity contribution in [2.24, 2.45) is 0 Å². The van der Waals surface area contributed by atoms with Gasteiger partial charge in [-0.15, -0.1) is 11.3 Å². The molecule has 1 fully saturated rings. The third kappa shape index (κ3) is 2.38. The topological polar surface area (TPSA) is 37.8 Å². The van der Waals surface area contributed by atoms with Crippen molar-refractivity contribution >= 4 is 17.2 Å². The van der Waals surface area contributed by atoms with Gasteiger partial charge in [0, 0.05) is 23.4 Å². The second-order valence-corrected chi connectivity index (χ2v) is 6.00. The quantitative estimate of drug-likeness (QED) is 0.907. The molecule has 18 heavy (non-hydrogen) atoms. The number of thiophene rings is 1. The second kappa shape index (κ2) is 4.69. The van der Waals surface area contributed by atoms with Crippen molar-refractivity contribution in [3.63, 3.8) is 0 Å². The van der Waals surface area contributed by atoms with E-state index >= 15 is 0 Å². The number of nitrogens with one attached hydrogen (secondary N) is 1. The maximum absolute atomic E-state index is 4.72. The van der Waals surface area contributed by atoms with Crippen LogP contribution in [0.3, 0.4) is 0 Å². The predicted molar refractivity (Wildman–Crippen MR) is 76.2 cm³/mol. The number of nitrogens with zero attached hydrogens (tertiary/aromatic N) is 2. The summed E-state index contributed by atoms with van der Waals surface area (Å²) in [5.41, 5.74) is 1.06. The molecule has 94 valence electrons. The van der Waals surface area contributed by atoms with E-state index < -0.39 is 0 Å². The van der Waals surface area contributed by atoms with Gasteiger partial charge in [0.15, 0.2) is 0 Å². The molecule has 4 heteroatoms. The first-order chi connectivity index (χ1) is 8.76. The highest BCUT2D eigenvalue weighted by atomic mass is 32.1. The van der Waals surface area contributed by atoms with E-state index in [0.29, 0.717) is 5.92 Å². The summed E-state index contributed by atoms with van der Waals surface area (Å²) in [7, 11) is 0. The number of anilines is 1. The van der Waals surface area contributed by atoms with Gasteiger partial charge in [0.2, 0.25) is 0 Å². The smallest absolute Gasteiger partial charge is 0.134 e. The Bertz CT molecular complexity index is 558. The van der Waals surface area contributed by atoms with Gasteiger partial charge in [0.25, 0.3) is 0 Å². The molecule has 0 bridgehead atoms. The first-order valence-electron chi connectivity index (χ1n) is 6.46. The molecule has 0 atom stereocenters. The first-order valence-corrected chi connectivity index (χ1v) is 7.27. The van der Waals surface area contributed by atoms with Crippen molar-refractivity contribution in [2.45, 2.75) is 32.6 Å². The van der Waals surface area contributed by atoms with Crippen LogP contribution in [0.2, 0.25) is 0 Å². The van der Waals surface area contributed by atoms with Crippen molar-refractivity contribution < 1.29 is 0 Å². The molecule has 2 heterocycles. The van der Waals surface area contributed by atoms with E-state index in [1.54, 1.807) is 11.3 Å². The lowest BCUT2D eigenvalue weighted by atomic mass is 10.3. The Labute approximate surface area is 111 Å². The van der Waals surface area contributed by atoms with E-state index in [2.05, 4.69) is 42.3 Å². The molecule has 0 aliphatic heterocycles. The van der Waals surface area contributed by atoms with Crippen molar-refractivity contribution in [3.8, 4) is 10.6 Å². The van der Waals surface area contributed by atoms with Crippen LogP contribution in [0.4, 0.5) is 5.82 Å². The Morgan fingerprint density at radius 1 is 1.33 bits per heavy atom. The number of hydrogen-bond donors (Lipinski definition) is 1. The molecule has 0 saturated heterocycles. The summed E-state index contributed by atoms with van der Waals surface area (Å²) in [4.78, 5) is 11.9. The maximum Gasteiger partial charge on any atom is 0.134 e. The fourth-order valence-electron chi connectivity index (χ4n) is 1.96. The highest BCUT2D eigenvalue weighted by Gasteiger charge is 2.27. The average Bonchev–Trinajstić information content (AvgIpc) is 3.12. The Kier molecular flexibility index (Phi) is 3.04. The van der Waals surface area contributed by atoms with Gasteiger partial charge in [-0.1, -0.05) is 0 Å². The van der Waals surface area contributed by atoms with E-state index in [0.717, 1.165) is 23.9 Å². The Hall–Kier alpha value is -1.42. The lowest BCUT2D eigenvalue weighted by Gasteiger charge is -2.07. The van der Waals surface area contributed by atoms with Crippen molar-refractivity contribution in [3.05, 3.63) is 28.9 Å². The fourth-order valence-corrected chi connectivity index (χ4v) is 2.79. The Morgan fingerprint density at radius 2 is 2.17 bits per heavy atom. The highest BCUT2D eigenvalue weighted by Crippen LogP contribution is 2.39. The molecule has 0 amide bonds. The Balaban J connectivity index is 2.01. The number of aryl methyl sites for hydroxylation is 1. The maximum atomic E-state index is 4.72. The number of rotatable bonds is 4. The molecule has 0 aromatic carbocycles. The molecule has 1 aliphatic carbocycles. The van der Waals surface area contributed by atoms with Gasteiger partial charge in [-0.05, 0) is 38.8 Å². The van der Waals surface area contributed by atoms with Gasteiger partial charge < -0.3 is 5.32 Å². The van der Waals surface area contributed by atoms with Gasteiger partial charge in [-0.25, -0.2) is 9.97 Å². The molecule has 0 unspecified atom stereocenters. The molecule has 0 spiro atoms. The van der Waals surface area contributed by atoms with Crippen LogP contribution in [-0.4, -0.2) is 16.5 Å². The third-order valence-corrected chi connectivity index (χ3v) is 4.06. The summed E-state index contributed by atoms with van der Waals surface area (Å²) in [5.74, 6) is 2.55. The zero-order chi connectivity index (χ0) is 12.5.